The molecule has 0 bridgehead atoms. The molecule has 1 amide bonds. The fraction of sp³-hybridized carbons (Fsp3) is 0.444. The number of hydrogen-bond acceptors (Lipinski definition) is 3. The van der Waals surface area contributed by atoms with Crippen LogP contribution >= 0.6 is 0 Å². The third-order valence-corrected chi connectivity index (χ3v) is 4.25. The maximum absolute atomic E-state index is 12.9. The predicted molar refractivity (Wildman–Crippen MR) is 92.4 cm³/mol. The molecule has 0 saturated heterocycles. The van der Waals surface area contributed by atoms with Crippen molar-refractivity contribution in [2.24, 2.45) is 5.73 Å². The third kappa shape index (κ3) is 4.85. The third-order valence-electron chi connectivity index (χ3n) is 4.25. The highest BCUT2D eigenvalue weighted by atomic mass is 19.3. The molecule has 25 heavy (non-hydrogen) atoms. The molecule has 2 rings (SSSR count). The second-order valence-corrected chi connectivity index (χ2v) is 5.95. The van der Waals surface area contributed by atoms with Gasteiger partial charge in [-0.05, 0) is 25.8 Å². The van der Waals surface area contributed by atoms with Crippen LogP contribution in [0.15, 0.2) is 30.3 Å². The second-order valence-electron chi connectivity index (χ2n) is 5.95. The van der Waals surface area contributed by atoms with Crippen molar-refractivity contribution in [1.29, 1.82) is 0 Å². The van der Waals surface area contributed by atoms with Crippen LogP contribution in [0, 0.1) is 13.8 Å². The van der Waals surface area contributed by atoms with E-state index in [0.29, 0.717) is 41.3 Å². The molecule has 0 unspecified atom stereocenters. The standard InChI is InChI=1S/C18H24F2N4O/c1-13-16(14(2)24(22-13)18(19)20)12-17(25)23(11-9-21)10-8-15-6-4-3-5-7-15/h3-7,18H,8-12,21H2,1-2H3. The van der Waals surface area contributed by atoms with Crippen molar-refractivity contribution in [1.82, 2.24) is 14.7 Å². The number of alkyl halides is 2. The summed E-state index contributed by atoms with van der Waals surface area (Å²) >= 11 is 0. The number of benzene rings is 1. The molecule has 2 N–H and O–H groups in total. The molecule has 5 nitrogen and oxygen atoms in total. The van der Waals surface area contributed by atoms with E-state index in [1.54, 1.807) is 18.7 Å². The average Bonchev–Trinajstić information content (AvgIpc) is 2.87. The second kappa shape index (κ2) is 8.71. The van der Waals surface area contributed by atoms with E-state index in [-0.39, 0.29) is 12.3 Å². The van der Waals surface area contributed by atoms with Gasteiger partial charge in [-0.15, -0.1) is 0 Å². The van der Waals surface area contributed by atoms with E-state index < -0.39 is 6.55 Å². The van der Waals surface area contributed by atoms with Gasteiger partial charge >= 0.3 is 6.55 Å². The number of carbonyl (C=O) groups is 1. The Labute approximate surface area is 146 Å². The lowest BCUT2D eigenvalue weighted by molar-refractivity contribution is -0.130. The first-order valence-electron chi connectivity index (χ1n) is 8.28. The Kier molecular flexibility index (Phi) is 6.64. The molecule has 2 aromatic rings. The summed E-state index contributed by atoms with van der Waals surface area (Å²) in [5.41, 5.74) is 8.11. The molecule has 0 fully saturated rings. The zero-order chi connectivity index (χ0) is 18.4. The van der Waals surface area contributed by atoms with E-state index in [2.05, 4.69) is 5.10 Å². The summed E-state index contributed by atoms with van der Waals surface area (Å²) in [6.45, 7) is 1.83. The van der Waals surface area contributed by atoms with Crippen molar-refractivity contribution >= 4 is 5.91 Å². The summed E-state index contributed by atoms with van der Waals surface area (Å²) in [5, 5.41) is 3.83. The normalized spacial score (nSPS) is 11.1. The van der Waals surface area contributed by atoms with Crippen molar-refractivity contribution in [2.45, 2.75) is 33.2 Å². The minimum Gasteiger partial charge on any atom is -0.341 e. The highest BCUT2D eigenvalue weighted by Crippen LogP contribution is 2.20. The largest absolute Gasteiger partial charge is 0.341 e. The molecule has 1 aromatic heterocycles. The van der Waals surface area contributed by atoms with Crippen LogP contribution in [-0.4, -0.2) is 40.2 Å². The molecule has 0 aliphatic carbocycles. The van der Waals surface area contributed by atoms with Crippen molar-refractivity contribution in [3.63, 3.8) is 0 Å². The summed E-state index contributed by atoms with van der Waals surface area (Å²) in [7, 11) is 0. The van der Waals surface area contributed by atoms with Gasteiger partial charge in [0.15, 0.2) is 0 Å². The van der Waals surface area contributed by atoms with Crippen LogP contribution in [0.2, 0.25) is 0 Å². The van der Waals surface area contributed by atoms with Gasteiger partial charge in [-0.2, -0.15) is 13.9 Å². The SMILES string of the molecule is Cc1nn(C(F)F)c(C)c1CC(=O)N(CCN)CCc1ccccc1. The van der Waals surface area contributed by atoms with Gasteiger partial charge < -0.3 is 10.6 Å². The molecule has 0 spiro atoms. The number of carbonyl (C=O) groups excluding carboxylic acids is 1. The molecular formula is C18H24F2N4O. The first-order chi connectivity index (χ1) is 11.9. The Balaban J connectivity index is 2.07. The summed E-state index contributed by atoms with van der Waals surface area (Å²) < 4.78 is 26.5. The van der Waals surface area contributed by atoms with Gasteiger partial charge in [0, 0.05) is 30.9 Å². The number of nitrogens with two attached hydrogens (primary N) is 1. The fourth-order valence-corrected chi connectivity index (χ4v) is 2.83. The lowest BCUT2D eigenvalue weighted by Gasteiger charge is -2.22. The Bertz CT molecular complexity index is 701. The Morgan fingerprint density at radius 1 is 1.24 bits per heavy atom. The maximum atomic E-state index is 12.9. The number of aromatic nitrogens is 2. The smallest absolute Gasteiger partial charge is 0.333 e. The van der Waals surface area contributed by atoms with Gasteiger partial charge in [0.1, 0.15) is 0 Å². The van der Waals surface area contributed by atoms with Gasteiger partial charge in [0.2, 0.25) is 5.91 Å². The summed E-state index contributed by atoms with van der Waals surface area (Å²) in [6.07, 6.45) is 0.778. The van der Waals surface area contributed by atoms with E-state index in [4.69, 9.17) is 5.73 Å². The van der Waals surface area contributed by atoms with E-state index in [9.17, 15) is 13.6 Å². The average molecular weight is 350 g/mol. The number of hydrogen-bond donors (Lipinski definition) is 1. The van der Waals surface area contributed by atoms with Crippen LogP contribution in [0.5, 0.6) is 0 Å². The maximum Gasteiger partial charge on any atom is 0.333 e. The van der Waals surface area contributed by atoms with Gasteiger partial charge in [0.25, 0.3) is 0 Å². The first kappa shape index (κ1) is 19.1. The van der Waals surface area contributed by atoms with Crippen LogP contribution in [0.1, 0.15) is 29.1 Å². The Hall–Kier alpha value is -2.28. The zero-order valence-corrected chi connectivity index (χ0v) is 14.6. The van der Waals surface area contributed by atoms with E-state index in [1.807, 2.05) is 30.3 Å². The lowest BCUT2D eigenvalue weighted by Crippen LogP contribution is -2.38. The molecular weight excluding hydrogens is 326 g/mol. The van der Waals surface area contributed by atoms with Crippen LogP contribution in [0.4, 0.5) is 8.78 Å². The van der Waals surface area contributed by atoms with Gasteiger partial charge in [-0.3, -0.25) is 4.79 Å². The minimum atomic E-state index is -2.71. The van der Waals surface area contributed by atoms with Crippen molar-refractivity contribution in [2.75, 3.05) is 19.6 Å². The molecule has 0 aliphatic heterocycles. The number of rotatable bonds is 8. The Morgan fingerprint density at radius 3 is 2.48 bits per heavy atom. The molecule has 0 saturated carbocycles. The number of nitrogens with zero attached hydrogens (tertiary/aromatic N) is 3. The zero-order valence-electron chi connectivity index (χ0n) is 14.6. The number of aryl methyl sites for hydroxylation is 1. The molecule has 1 heterocycles. The topological polar surface area (TPSA) is 64.2 Å². The van der Waals surface area contributed by atoms with Crippen molar-refractivity contribution < 1.29 is 13.6 Å². The van der Waals surface area contributed by atoms with Crippen LogP contribution in [0.25, 0.3) is 0 Å². The van der Waals surface area contributed by atoms with Gasteiger partial charge in [-0.25, -0.2) is 4.68 Å². The fourth-order valence-electron chi connectivity index (χ4n) is 2.83. The molecule has 0 radical (unpaired) electrons. The number of halogens is 2. The van der Waals surface area contributed by atoms with Crippen LogP contribution < -0.4 is 5.73 Å². The monoisotopic (exact) mass is 350 g/mol. The van der Waals surface area contributed by atoms with Crippen LogP contribution in [0.3, 0.4) is 0 Å². The van der Waals surface area contributed by atoms with E-state index in [0.717, 1.165) is 12.0 Å². The first-order valence-corrected chi connectivity index (χ1v) is 8.28. The molecule has 0 atom stereocenters. The molecule has 0 aliphatic rings. The number of amides is 1. The van der Waals surface area contributed by atoms with Gasteiger partial charge in [-0.1, -0.05) is 30.3 Å². The van der Waals surface area contributed by atoms with Crippen molar-refractivity contribution in [3.05, 3.63) is 52.8 Å². The van der Waals surface area contributed by atoms with E-state index >= 15 is 0 Å². The Morgan fingerprint density at radius 2 is 1.92 bits per heavy atom. The summed E-state index contributed by atoms with van der Waals surface area (Å²) in [6, 6.07) is 9.86. The molecule has 136 valence electrons. The minimum absolute atomic E-state index is 0.0547. The highest BCUT2D eigenvalue weighted by molar-refractivity contribution is 5.79. The van der Waals surface area contributed by atoms with Crippen molar-refractivity contribution in [3.8, 4) is 0 Å². The summed E-state index contributed by atoms with van der Waals surface area (Å²) in [4.78, 5) is 14.3. The van der Waals surface area contributed by atoms with Crippen LogP contribution in [-0.2, 0) is 17.6 Å². The molecule has 1 aromatic carbocycles. The highest BCUT2D eigenvalue weighted by Gasteiger charge is 2.21. The predicted octanol–water partition coefficient (Wildman–Crippen LogP) is 2.47. The summed E-state index contributed by atoms with van der Waals surface area (Å²) in [5.74, 6) is -0.124. The molecule has 7 heteroatoms. The lowest BCUT2D eigenvalue weighted by atomic mass is 10.1. The quantitative estimate of drug-likeness (QED) is 0.795. The van der Waals surface area contributed by atoms with E-state index in [1.165, 1.54) is 0 Å². The van der Waals surface area contributed by atoms with Gasteiger partial charge in [0.05, 0.1) is 12.1 Å².